The standard InChI is InChI=1S/C16H18N2O3/c1-18(15-9-5-7-13(17-15)16(19)20)11-10-12-6-3-4-8-14(12)21-2/h3-9H,10-11H2,1-2H3,(H,19,20). The molecule has 0 saturated carbocycles. The van der Waals surface area contributed by atoms with Crippen molar-refractivity contribution in [3.05, 3.63) is 53.7 Å². The highest BCUT2D eigenvalue weighted by molar-refractivity contribution is 5.85. The molecule has 1 aromatic heterocycles. The smallest absolute Gasteiger partial charge is 0.354 e. The Kier molecular flexibility index (Phi) is 4.77. The quantitative estimate of drug-likeness (QED) is 0.884. The number of nitrogens with zero attached hydrogens (tertiary/aromatic N) is 2. The van der Waals surface area contributed by atoms with E-state index in [4.69, 9.17) is 9.84 Å². The zero-order chi connectivity index (χ0) is 15.2. The molecule has 5 heteroatoms. The molecule has 0 radical (unpaired) electrons. The Bertz CT molecular complexity index is 628. The first-order valence-corrected chi connectivity index (χ1v) is 6.65. The van der Waals surface area contributed by atoms with Gasteiger partial charge in [-0.25, -0.2) is 9.78 Å². The predicted octanol–water partition coefficient (Wildman–Crippen LogP) is 2.47. The minimum Gasteiger partial charge on any atom is -0.496 e. The van der Waals surface area contributed by atoms with Gasteiger partial charge >= 0.3 is 5.97 Å². The van der Waals surface area contributed by atoms with Crippen LogP contribution in [-0.4, -0.2) is 36.8 Å². The van der Waals surface area contributed by atoms with Crippen molar-refractivity contribution in [2.45, 2.75) is 6.42 Å². The van der Waals surface area contributed by atoms with E-state index in [2.05, 4.69) is 4.98 Å². The molecule has 0 saturated heterocycles. The van der Waals surface area contributed by atoms with Gasteiger partial charge in [0.05, 0.1) is 7.11 Å². The maximum Gasteiger partial charge on any atom is 0.354 e. The summed E-state index contributed by atoms with van der Waals surface area (Å²) in [7, 11) is 3.55. The highest BCUT2D eigenvalue weighted by Crippen LogP contribution is 2.19. The van der Waals surface area contributed by atoms with Gasteiger partial charge in [0.25, 0.3) is 0 Å². The minimum atomic E-state index is -1.02. The summed E-state index contributed by atoms with van der Waals surface area (Å²) in [5.74, 6) is 0.484. The van der Waals surface area contributed by atoms with Gasteiger partial charge in [-0.3, -0.25) is 0 Å². The number of ether oxygens (including phenoxy) is 1. The molecule has 1 aromatic carbocycles. The van der Waals surface area contributed by atoms with Crippen molar-refractivity contribution in [1.82, 2.24) is 4.98 Å². The Morgan fingerprint density at radius 2 is 2.00 bits per heavy atom. The zero-order valence-corrected chi connectivity index (χ0v) is 12.1. The van der Waals surface area contributed by atoms with E-state index in [1.165, 1.54) is 6.07 Å². The number of para-hydroxylation sites is 1. The number of carboxylic acids is 1. The Balaban J connectivity index is 2.06. The largest absolute Gasteiger partial charge is 0.496 e. The predicted molar refractivity (Wildman–Crippen MR) is 81.2 cm³/mol. The summed E-state index contributed by atoms with van der Waals surface area (Å²) in [5, 5.41) is 8.97. The molecule has 1 heterocycles. The molecule has 2 rings (SSSR count). The lowest BCUT2D eigenvalue weighted by Gasteiger charge is -2.19. The molecule has 2 aromatic rings. The Morgan fingerprint density at radius 1 is 1.24 bits per heavy atom. The number of aromatic nitrogens is 1. The molecular weight excluding hydrogens is 268 g/mol. The van der Waals surface area contributed by atoms with Crippen LogP contribution in [0.15, 0.2) is 42.5 Å². The van der Waals surface area contributed by atoms with Gasteiger partial charge in [-0.1, -0.05) is 24.3 Å². The van der Waals surface area contributed by atoms with Crippen LogP contribution >= 0.6 is 0 Å². The number of hydrogen-bond donors (Lipinski definition) is 1. The van der Waals surface area contributed by atoms with Gasteiger partial charge in [-0.2, -0.15) is 0 Å². The van der Waals surface area contributed by atoms with E-state index in [9.17, 15) is 4.79 Å². The first-order valence-electron chi connectivity index (χ1n) is 6.65. The van der Waals surface area contributed by atoms with Crippen molar-refractivity contribution in [2.24, 2.45) is 0 Å². The van der Waals surface area contributed by atoms with Crippen LogP contribution in [0.2, 0.25) is 0 Å². The third kappa shape index (κ3) is 3.72. The summed E-state index contributed by atoms with van der Waals surface area (Å²) in [4.78, 5) is 17.0. The molecule has 0 amide bonds. The molecule has 0 aliphatic heterocycles. The van der Waals surface area contributed by atoms with E-state index < -0.39 is 5.97 Å². The molecule has 0 aliphatic rings. The number of anilines is 1. The molecule has 0 fully saturated rings. The molecule has 0 atom stereocenters. The second-order valence-electron chi connectivity index (χ2n) is 4.67. The monoisotopic (exact) mass is 286 g/mol. The lowest BCUT2D eigenvalue weighted by molar-refractivity contribution is 0.0690. The second-order valence-corrected chi connectivity index (χ2v) is 4.67. The summed E-state index contributed by atoms with van der Waals surface area (Å²) in [5.41, 5.74) is 1.16. The van der Waals surface area contributed by atoms with Gasteiger partial charge in [0, 0.05) is 13.6 Å². The van der Waals surface area contributed by atoms with Gasteiger partial charge in [-0.05, 0) is 30.2 Å². The van der Waals surface area contributed by atoms with Gasteiger partial charge in [0.15, 0.2) is 5.69 Å². The number of likely N-dealkylation sites (N-methyl/N-ethyl adjacent to an activating group) is 1. The number of hydrogen-bond acceptors (Lipinski definition) is 4. The van der Waals surface area contributed by atoms with Gasteiger partial charge in [0.2, 0.25) is 0 Å². The van der Waals surface area contributed by atoms with E-state index in [0.29, 0.717) is 5.82 Å². The topological polar surface area (TPSA) is 62.7 Å². The SMILES string of the molecule is COc1ccccc1CCN(C)c1cccc(C(=O)O)n1. The van der Waals surface area contributed by atoms with Crippen LogP contribution in [-0.2, 0) is 6.42 Å². The number of carboxylic acid groups (broad SMARTS) is 1. The number of rotatable bonds is 6. The third-order valence-electron chi connectivity index (χ3n) is 3.25. The Hall–Kier alpha value is -2.56. The first kappa shape index (κ1) is 14.8. The molecular formula is C16H18N2O3. The molecule has 110 valence electrons. The van der Waals surface area contributed by atoms with E-state index >= 15 is 0 Å². The summed E-state index contributed by atoms with van der Waals surface area (Å²) in [6.45, 7) is 0.719. The number of methoxy groups -OCH3 is 1. The summed E-state index contributed by atoms with van der Waals surface area (Å²) in [6, 6.07) is 12.8. The highest BCUT2D eigenvalue weighted by atomic mass is 16.5. The average Bonchev–Trinajstić information content (AvgIpc) is 2.52. The second kappa shape index (κ2) is 6.74. The van der Waals surface area contributed by atoms with Crippen LogP contribution in [0.25, 0.3) is 0 Å². The Labute approximate surface area is 123 Å². The number of aromatic carboxylic acids is 1. The van der Waals surface area contributed by atoms with Crippen molar-refractivity contribution >= 4 is 11.8 Å². The maximum atomic E-state index is 10.9. The van der Waals surface area contributed by atoms with Gasteiger partial charge in [0.1, 0.15) is 11.6 Å². The maximum absolute atomic E-state index is 10.9. The van der Waals surface area contributed by atoms with Gasteiger partial charge < -0.3 is 14.7 Å². The van der Waals surface area contributed by atoms with Crippen molar-refractivity contribution in [3.63, 3.8) is 0 Å². The number of benzene rings is 1. The average molecular weight is 286 g/mol. The van der Waals surface area contributed by atoms with Crippen molar-refractivity contribution in [2.75, 3.05) is 25.6 Å². The van der Waals surface area contributed by atoms with Crippen LogP contribution in [0.1, 0.15) is 16.1 Å². The molecule has 5 nitrogen and oxygen atoms in total. The van der Waals surface area contributed by atoms with E-state index in [1.807, 2.05) is 36.2 Å². The fraction of sp³-hybridized carbons (Fsp3) is 0.250. The highest BCUT2D eigenvalue weighted by Gasteiger charge is 2.09. The van der Waals surface area contributed by atoms with Crippen molar-refractivity contribution in [1.29, 1.82) is 0 Å². The van der Waals surface area contributed by atoms with Crippen LogP contribution in [0.3, 0.4) is 0 Å². The van der Waals surface area contributed by atoms with Crippen LogP contribution < -0.4 is 9.64 Å². The summed E-state index contributed by atoms with van der Waals surface area (Å²) < 4.78 is 5.32. The Morgan fingerprint density at radius 3 is 2.71 bits per heavy atom. The fourth-order valence-corrected chi connectivity index (χ4v) is 2.07. The van der Waals surface area contributed by atoms with Crippen LogP contribution in [0.4, 0.5) is 5.82 Å². The molecule has 0 bridgehead atoms. The lowest BCUT2D eigenvalue weighted by atomic mass is 10.1. The molecule has 0 spiro atoms. The molecule has 21 heavy (non-hydrogen) atoms. The van der Waals surface area contributed by atoms with E-state index in [-0.39, 0.29) is 5.69 Å². The number of carbonyl (C=O) groups is 1. The van der Waals surface area contributed by atoms with Crippen molar-refractivity contribution in [3.8, 4) is 5.75 Å². The first-order chi connectivity index (χ1) is 10.1. The molecule has 0 unspecified atom stereocenters. The summed E-state index contributed by atoms with van der Waals surface area (Å²) in [6.07, 6.45) is 0.791. The minimum absolute atomic E-state index is 0.0524. The fourth-order valence-electron chi connectivity index (χ4n) is 2.07. The van der Waals surface area contributed by atoms with E-state index in [0.717, 1.165) is 24.3 Å². The third-order valence-corrected chi connectivity index (χ3v) is 3.25. The zero-order valence-electron chi connectivity index (χ0n) is 12.1. The number of pyridine rings is 1. The lowest BCUT2D eigenvalue weighted by Crippen LogP contribution is -2.22. The summed E-state index contributed by atoms with van der Waals surface area (Å²) >= 11 is 0. The molecule has 1 N–H and O–H groups in total. The van der Waals surface area contributed by atoms with Crippen molar-refractivity contribution < 1.29 is 14.6 Å². The van der Waals surface area contributed by atoms with E-state index in [1.54, 1.807) is 19.2 Å². The van der Waals surface area contributed by atoms with Crippen LogP contribution in [0, 0.1) is 0 Å². The normalized spacial score (nSPS) is 10.2. The van der Waals surface area contributed by atoms with Crippen LogP contribution in [0.5, 0.6) is 5.75 Å². The molecule has 0 aliphatic carbocycles. The van der Waals surface area contributed by atoms with Gasteiger partial charge in [-0.15, -0.1) is 0 Å².